The van der Waals surface area contributed by atoms with Gasteiger partial charge in [-0.15, -0.1) is 0 Å². The number of nitrogens with one attached hydrogen (secondary N) is 2. The first kappa shape index (κ1) is 40.6. The SMILES string of the molecule is COc1cc(OC2CCC(NC(=O)c3cnc(N4CC5(CC(CN(C(C)C)C6CC(Oc7ccc8c(c7)CN([C@@H]7CCC(=O)NC7=O)C8=O)C6)C5)C4)cn3)CC2)ccc1C#N. The summed E-state index contributed by atoms with van der Waals surface area (Å²) in [6.07, 6.45) is 11.6. The van der Waals surface area contributed by atoms with Gasteiger partial charge in [0.25, 0.3) is 11.8 Å². The molecule has 4 amide bonds. The molecule has 2 N–H and O–H groups in total. The lowest BCUT2D eigenvalue weighted by Crippen LogP contribution is -2.64. The van der Waals surface area contributed by atoms with Gasteiger partial charge in [0.2, 0.25) is 11.8 Å². The molecule has 3 aromatic rings. The molecule has 0 radical (unpaired) electrons. The molecule has 0 bridgehead atoms. The van der Waals surface area contributed by atoms with Gasteiger partial charge in [0.05, 0.1) is 31.2 Å². The Labute approximate surface area is 356 Å². The molecule has 3 aliphatic carbocycles. The van der Waals surface area contributed by atoms with E-state index in [1.165, 1.54) is 20.0 Å². The average molecular weight is 831 g/mol. The molecule has 15 nitrogen and oxygen atoms in total. The Morgan fingerprint density at radius 3 is 2.41 bits per heavy atom. The highest BCUT2D eigenvalue weighted by Gasteiger charge is 2.53. The van der Waals surface area contributed by atoms with E-state index in [4.69, 9.17) is 14.2 Å². The normalized spacial score (nSPS) is 25.6. The molecule has 61 heavy (non-hydrogen) atoms. The minimum Gasteiger partial charge on any atom is -0.495 e. The van der Waals surface area contributed by atoms with Gasteiger partial charge in [-0.3, -0.25) is 29.4 Å². The third-order valence-corrected chi connectivity index (χ3v) is 13.8. The fraction of sp³-hybridized carbons (Fsp3) is 0.543. The molecule has 9 rings (SSSR count). The van der Waals surface area contributed by atoms with E-state index in [1.807, 2.05) is 12.1 Å². The summed E-state index contributed by atoms with van der Waals surface area (Å²) < 4.78 is 17.9. The topological polar surface area (TPSA) is 179 Å². The fourth-order valence-corrected chi connectivity index (χ4v) is 10.5. The zero-order chi connectivity index (χ0) is 42.4. The Hall–Kier alpha value is -5.75. The summed E-state index contributed by atoms with van der Waals surface area (Å²) in [6.45, 7) is 7.90. The lowest BCUT2D eigenvalue weighted by atomic mass is 9.57. The van der Waals surface area contributed by atoms with Crippen molar-refractivity contribution in [3.63, 3.8) is 0 Å². The number of hydrogen-bond acceptors (Lipinski definition) is 12. The number of aromatic nitrogens is 2. The van der Waals surface area contributed by atoms with Gasteiger partial charge in [0.1, 0.15) is 47.0 Å². The number of rotatable bonds is 13. The van der Waals surface area contributed by atoms with Crippen LogP contribution in [-0.2, 0) is 16.1 Å². The number of ether oxygens (including phenoxy) is 3. The van der Waals surface area contributed by atoms with Crippen LogP contribution in [-0.4, -0.2) is 107 Å². The first-order valence-corrected chi connectivity index (χ1v) is 21.8. The number of amides is 4. The molecule has 2 saturated heterocycles. The van der Waals surface area contributed by atoms with Crippen molar-refractivity contribution in [3.8, 4) is 23.3 Å². The van der Waals surface area contributed by atoms with E-state index in [2.05, 4.69) is 50.3 Å². The highest BCUT2D eigenvalue weighted by molar-refractivity contribution is 6.05. The summed E-state index contributed by atoms with van der Waals surface area (Å²) in [4.78, 5) is 65.8. The smallest absolute Gasteiger partial charge is 0.271 e. The minimum atomic E-state index is -0.626. The quantitative estimate of drug-likeness (QED) is 0.226. The van der Waals surface area contributed by atoms with E-state index in [0.29, 0.717) is 64.7 Å². The van der Waals surface area contributed by atoms with Gasteiger partial charge in [0.15, 0.2) is 0 Å². The van der Waals surface area contributed by atoms with Crippen molar-refractivity contribution in [1.82, 2.24) is 30.4 Å². The summed E-state index contributed by atoms with van der Waals surface area (Å²) in [7, 11) is 1.54. The van der Waals surface area contributed by atoms with Crippen LogP contribution in [0, 0.1) is 22.7 Å². The van der Waals surface area contributed by atoms with Crippen molar-refractivity contribution in [2.24, 2.45) is 11.3 Å². The van der Waals surface area contributed by atoms with E-state index in [0.717, 1.165) is 75.3 Å². The van der Waals surface area contributed by atoms with Crippen LogP contribution in [0.1, 0.15) is 110 Å². The van der Waals surface area contributed by atoms with E-state index >= 15 is 0 Å². The maximum absolute atomic E-state index is 13.1. The molecule has 1 aromatic heterocycles. The summed E-state index contributed by atoms with van der Waals surface area (Å²) in [6, 6.07) is 13.3. The van der Waals surface area contributed by atoms with Gasteiger partial charge in [-0.2, -0.15) is 5.26 Å². The zero-order valence-electron chi connectivity index (χ0n) is 35.1. The second-order valence-electron chi connectivity index (χ2n) is 18.3. The highest BCUT2D eigenvalue weighted by atomic mass is 16.5. The van der Waals surface area contributed by atoms with Gasteiger partial charge < -0.3 is 29.3 Å². The number of carbonyl (C=O) groups excluding carboxylic acids is 4. The van der Waals surface area contributed by atoms with Crippen LogP contribution in [0.25, 0.3) is 0 Å². The number of fused-ring (bicyclic) bond motifs is 1. The summed E-state index contributed by atoms with van der Waals surface area (Å²) >= 11 is 0. The highest BCUT2D eigenvalue weighted by Crippen LogP contribution is 2.53. The van der Waals surface area contributed by atoms with Crippen molar-refractivity contribution in [2.45, 2.75) is 121 Å². The van der Waals surface area contributed by atoms with E-state index in [9.17, 15) is 24.4 Å². The van der Waals surface area contributed by atoms with Gasteiger partial charge >= 0.3 is 0 Å². The van der Waals surface area contributed by atoms with Crippen LogP contribution < -0.4 is 29.7 Å². The maximum Gasteiger partial charge on any atom is 0.271 e. The van der Waals surface area contributed by atoms with E-state index in [-0.39, 0.29) is 42.4 Å². The molecule has 1 spiro atoms. The Bertz CT molecular complexity index is 2210. The number of nitrogens with zero attached hydrogens (tertiary/aromatic N) is 6. The Morgan fingerprint density at radius 2 is 1.72 bits per heavy atom. The first-order chi connectivity index (χ1) is 29.5. The summed E-state index contributed by atoms with van der Waals surface area (Å²) in [5, 5.41) is 14.7. The van der Waals surface area contributed by atoms with Crippen molar-refractivity contribution in [3.05, 3.63) is 71.2 Å². The van der Waals surface area contributed by atoms with Crippen LogP contribution in [0.5, 0.6) is 17.2 Å². The molecule has 3 aliphatic heterocycles. The van der Waals surface area contributed by atoms with E-state index in [1.54, 1.807) is 41.6 Å². The molecular weight excluding hydrogens is 777 g/mol. The molecule has 15 heteroatoms. The van der Waals surface area contributed by atoms with Crippen LogP contribution in [0.2, 0.25) is 0 Å². The van der Waals surface area contributed by atoms with Crippen LogP contribution >= 0.6 is 0 Å². The molecule has 1 atom stereocenters. The number of carbonyl (C=O) groups is 4. The van der Waals surface area contributed by atoms with Crippen LogP contribution in [0.4, 0.5) is 5.82 Å². The molecular formula is C46H54N8O7. The van der Waals surface area contributed by atoms with Gasteiger partial charge in [-0.05, 0) is 101 Å². The Morgan fingerprint density at radius 1 is 0.984 bits per heavy atom. The number of hydrogen-bond donors (Lipinski definition) is 2. The molecule has 320 valence electrons. The Kier molecular flexibility index (Phi) is 11.1. The van der Waals surface area contributed by atoms with Gasteiger partial charge in [0, 0.05) is 80.6 Å². The maximum atomic E-state index is 13.1. The van der Waals surface area contributed by atoms with Crippen molar-refractivity contribution < 1.29 is 33.4 Å². The number of piperidine rings is 1. The number of anilines is 1. The zero-order valence-corrected chi connectivity index (χ0v) is 35.1. The predicted octanol–water partition coefficient (Wildman–Crippen LogP) is 4.77. The van der Waals surface area contributed by atoms with Crippen molar-refractivity contribution >= 4 is 29.4 Å². The van der Waals surface area contributed by atoms with Crippen molar-refractivity contribution in [2.75, 3.05) is 31.6 Å². The van der Waals surface area contributed by atoms with Crippen molar-refractivity contribution in [1.29, 1.82) is 5.26 Å². The minimum absolute atomic E-state index is 0.0324. The Balaban J connectivity index is 0.683. The van der Waals surface area contributed by atoms with Gasteiger partial charge in [-0.25, -0.2) is 9.97 Å². The van der Waals surface area contributed by atoms with Gasteiger partial charge in [-0.1, -0.05) is 0 Å². The monoisotopic (exact) mass is 830 g/mol. The molecule has 6 aliphatic rings. The molecule has 0 unspecified atom stereocenters. The molecule has 4 heterocycles. The third kappa shape index (κ3) is 8.34. The first-order valence-electron chi connectivity index (χ1n) is 21.8. The number of nitriles is 1. The fourth-order valence-electron chi connectivity index (χ4n) is 10.5. The standard InChI is InChI=1S/C46H54N8O7/c1-27(2)53(32-15-36(16-32)61-34-10-11-37-30(14-34)24-54(45(37)58)39-12-13-42(55)51-44(39)57)23-28-18-46(19-28)25-52(26-46)41-22-48-38(21-49-41)43(56)50-31-5-8-33(9-6-31)60-35-7-4-29(20-47)40(17-35)59-3/h4,7,10-11,14,17,21-22,27-28,31-33,36,39H,5-6,8-9,12-13,15-16,18-19,23-26H2,1-3H3,(H,50,56)(H,51,55,57)/t31?,32?,33?,36?,39-/m1/s1. The summed E-state index contributed by atoms with van der Waals surface area (Å²) in [5.41, 5.74) is 2.57. The second-order valence-corrected chi connectivity index (χ2v) is 18.3. The predicted molar refractivity (Wildman–Crippen MR) is 223 cm³/mol. The third-order valence-electron chi connectivity index (χ3n) is 13.8. The molecule has 5 fully saturated rings. The second kappa shape index (κ2) is 16.6. The molecule has 2 aromatic carbocycles. The van der Waals surface area contributed by atoms with Crippen LogP contribution in [0.3, 0.4) is 0 Å². The number of methoxy groups -OCH3 is 1. The number of imide groups is 1. The summed E-state index contributed by atoms with van der Waals surface area (Å²) in [5.74, 6) is 2.31. The van der Waals surface area contributed by atoms with E-state index < -0.39 is 11.9 Å². The lowest BCUT2D eigenvalue weighted by Gasteiger charge is -2.60. The largest absolute Gasteiger partial charge is 0.495 e. The number of benzene rings is 2. The lowest BCUT2D eigenvalue weighted by molar-refractivity contribution is -0.136. The average Bonchev–Trinajstić information content (AvgIpc) is 3.53. The molecule has 3 saturated carbocycles. The van der Waals surface area contributed by atoms with Crippen LogP contribution in [0.15, 0.2) is 48.8 Å².